The number of aryl methyl sites for hydroxylation is 1. The van der Waals surface area contributed by atoms with Gasteiger partial charge in [0.2, 0.25) is 0 Å². The van der Waals surface area contributed by atoms with Crippen molar-refractivity contribution in [3.05, 3.63) is 72.8 Å². The molecule has 5 nitrogen and oxygen atoms in total. The molecule has 0 bridgehead atoms. The summed E-state index contributed by atoms with van der Waals surface area (Å²) < 4.78 is 26.9. The molecule has 142 valence electrons. The Kier molecular flexibility index (Phi) is 5.92. The van der Waals surface area contributed by atoms with Gasteiger partial charge in [-0.3, -0.25) is 0 Å². The van der Waals surface area contributed by atoms with Crippen LogP contribution in [0.25, 0.3) is 0 Å². The van der Waals surface area contributed by atoms with Crippen LogP contribution in [-0.4, -0.2) is 36.6 Å². The van der Waals surface area contributed by atoms with Crippen molar-refractivity contribution in [2.45, 2.75) is 35.2 Å². The molecule has 2 aromatic carbocycles. The fourth-order valence-corrected chi connectivity index (χ4v) is 5.51. The fraction of sp³-hybridized carbons (Fsp3) is 0.250. The largest absolute Gasteiger partial charge is 0.332 e. The average molecular weight is 403 g/mol. The van der Waals surface area contributed by atoms with E-state index in [1.165, 1.54) is 18.2 Å². The minimum atomic E-state index is -3.93. The van der Waals surface area contributed by atoms with E-state index in [1.807, 2.05) is 37.3 Å². The van der Waals surface area contributed by atoms with Crippen LogP contribution in [0.2, 0.25) is 0 Å². The van der Waals surface area contributed by atoms with Gasteiger partial charge in [0.05, 0.1) is 17.0 Å². The van der Waals surface area contributed by atoms with Gasteiger partial charge in [0.15, 0.2) is 0 Å². The van der Waals surface area contributed by atoms with Crippen LogP contribution < -0.4 is 5.32 Å². The van der Waals surface area contributed by atoms with Crippen LogP contribution in [0.3, 0.4) is 0 Å². The van der Waals surface area contributed by atoms with Crippen molar-refractivity contribution in [3.8, 4) is 0 Å². The third kappa shape index (κ3) is 4.20. The lowest BCUT2D eigenvalue weighted by Gasteiger charge is -2.23. The van der Waals surface area contributed by atoms with Crippen LogP contribution >= 0.6 is 11.8 Å². The molecule has 0 unspecified atom stereocenters. The lowest BCUT2D eigenvalue weighted by Crippen LogP contribution is -2.40. The zero-order chi connectivity index (χ0) is 19.4. The van der Waals surface area contributed by atoms with Crippen LogP contribution in [-0.2, 0) is 10.0 Å². The topological polar surface area (TPSA) is 66.5 Å². The number of amides is 2. The summed E-state index contributed by atoms with van der Waals surface area (Å²) >= 11 is 1.67. The van der Waals surface area contributed by atoms with Gasteiger partial charge in [0.1, 0.15) is 0 Å². The Morgan fingerprint density at radius 2 is 1.81 bits per heavy atom. The minimum Gasteiger partial charge on any atom is -0.332 e. The molecule has 1 N–H and O–H groups in total. The number of hydrogen-bond acceptors (Lipinski definition) is 4. The predicted octanol–water partition coefficient (Wildman–Crippen LogP) is 3.81. The van der Waals surface area contributed by atoms with Crippen molar-refractivity contribution >= 4 is 27.8 Å². The molecule has 7 heteroatoms. The number of rotatable bonds is 7. The van der Waals surface area contributed by atoms with Gasteiger partial charge in [-0.2, -0.15) is 0 Å². The molecule has 27 heavy (non-hydrogen) atoms. The maximum absolute atomic E-state index is 13.0. The number of urea groups is 1. The molecular weight excluding hydrogens is 380 g/mol. The second-order valence-electron chi connectivity index (χ2n) is 6.35. The molecule has 3 rings (SSSR count). The molecule has 2 amide bonds. The van der Waals surface area contributed by atoms with Crippen LogP contribution in [0, 0.1) is 6.92 Å². The lowest BCUT2D eigenvalue weighted by molar-refractivity contribution is 0.233. The van der Waals surface area contributed by atoms with Crippen molar-refractivity contribution in [1.82, 2.24) is 9.62 Å². The van der Waals surface area contributed by atoms with Gasteiger partial charge in [-0.1, -0.05) is 42.0 Å². The third-order valence-electron chi connectivity index (χ3n) is 4.45. The van der Waals surface area contributed by atoms with Gasteiger partial charge < -0.3 is 5.32 Å². The van der Waals surface area contributed by atoms with E-state index in [1.54, 1.807) is 23.9 Å². The second kappa shape index (κ2) is 8.19. The molecule has 1 aliphatic rings. The third-order valence-corrected chi connectivity index (χ3v) is 7.29. The van der Waals surface area contributed by atoms with Gasteiger partial charge in [-0.15, -0.1) is 18.3 Å². The maximum atomic E-state index is 13.0. The van der Waals surface area contributed by atoms with Crippen molar-refractivity contribution < 1.29 is 13.2 Å². The molecule has 1 aliphatic heterocycles. The zero-order valence-electron chi connectivity index (χ0n) is 15.0. The summed E-state index contributed by atoms with van der Waals surface area (Å²) in [6.07, 6.45) is 2.17. The molecule has 2 atom stereocenters. The quantitative estimate of drug-likeness (QED) is 0.565. The molecule has 0 spiro atoms. The summed E-state index contributed by atoms with van der Waals surface area (Å²) in [5.74, 6) is 0.762. The Bertz CT molecular complexity index is 912. The van der Waals surface area contributed by atoms with Crippen LogP contribution in [0.4, 0.5) is 4.79 Å². The predicted molar refractivity (Wildman–Crippen MR) is 108 cm³/mol. The molecule has 0 saturated carbocycles. The first kappa shape index (κ1) is 19.5. The number of sulfonamides is 1. The SMILES string of the molecule is C=C[C@H]1[C@@H](CCSc2ccccc2)NC(=O)N1S(=O)(=O)c1ccc(C)cc1. The summed E-state index contributed by atoms with van der Waals surface area (Å²) in [6.45, 7) is 5.64. The molecular formula is C20H22N2O3S2. The van der Waals surface area contributed by atoms with Crippen molar-refractivity contribution in [3.63, 3.8) is 0 Å². The Balaban J connectivity index is 1.74. The number of carbonyl (C=O) groups is 1. The van der Waals surface area contributed by atoms with E-state index in [0.717, 1.165) is 20.5 Å². The zero-order valence-corrected chi connectivity index (χ0v) is 16.7. The number of benzene rings is 2. The normalized spacial score (nSPS) is 19.7. The second-order valence-corrected chi connectivity index (χ2v) is 9.33. The number of nitrogens with zero attached hydrogens (tertiary/aromatic N) is 1. The minimum absolute atomic E-state index is 0.106. The van der Waals surface area contributed by atoms with E-state index >= 15 is 0 Å². The number of nitrogens with one attached hydrogen (secondary N) is 1. The lowest BCUT2D eigenvalue weighted by atomic mass is 10.1. The van der Waals surface area contributed by atoms with E-state index in [2.05, 4.69) is 11.9 Å². The smallest absolute Gasteiger partial charge is 0.332 e. The van der Waals surface area contributed by atoms with Crippen molar-refractivity contribution in [1.29, 1.82) is 0 Å². The van der Waals surface area contributed by atoms with E-state index in [4.69, 9.17) is 0 Å². The molecule has 0 aromatic heterocycles. The molecule has 0 aliphatic carbocycles. The number of carbonyl (C=O) groups excluding carboxylic acids is 1. The van der Waals surface area contributed by atoms with Gasteiger partial charge in [-0.25, -0.2) is 17.5 Å². The molecule has 1 saturated heterocycles. The first-order valence-electron chi connectivity index (χ1n) is 8.65. The van der Waals surface area contributed by atoms with Crippen LogP contribution in [0.5, 0.6) is 0 Å². The Hall–Kier alpha value is -2.25. The van der Waals surface area contributed by atoms with E-state index < -0.39 is 22.1 Å². The van der Waals surface area contributed by atoms with Crippen LogP contribution in [0.1, 0.15) is 12.0 Å². The summed E-state index contributed by atoms with van der Waals surface area (Å²) in [4.78, 5) is 13.7. The fourth-order valence-electron chi connectivity index (χ4n) is 3.02. The molecule has 0 radical (unpaired) electrons. The standard InChI is InChI=1S/C20H22N2O3S2/c1-3-19-18(13-14-26-16-7-5-4-6-8-16)21-20(23)22(19)27(24,25)17-11-9-15(2)10-12-17/h3-12,18-19H,1,13-14H2,2H3,(H,21,23)/t18-,19+/m1/s1. The van der Waals surface area contributed by atoms with Gasteiger partial charge in [0, 0.05) is 10.6 Å². The first-order valence-corrected chi connectivity index (χ1v) is 11.1. The highest BCUT2D eigenvalue weighted by Crippen LogP contribution is 2.28. The Morgan fingerprint density at radius 1 is 1.15 bits per heavy atom. The molecule has 1 heterocycles. The van der Waals surface area contributed by atoms with E-state index in [9.17, 15) is 13.2 Å². The summed E-state index contributed by atoms with van der Waals surface area (Å²) in [5.41, 5.74) is 0.955. The van der Waals surface area contributed by atoms with Crippen LogP contribution in [0.15, 0.2) is 77.0 Å². The molecule has 1 fully saturated rings. The number of thioether (sulfide) groups is 1. The Morgan fingerprint density at radius 3 is 2.44 bits per heavy atom. The van der Waals surface area contributed by atoms with E-state index in [-0.39, 0.29) is 10.9 Å². The monoisotopic (exact) mass is 402 g/mol. The van der Waals surface area contributed by atoms with Crippen molar-refractivity contribution in [2.75, 3.05) is 5.75 Å². The van der Waals surface area contributed by atoms with Gasteiger partial charge >= 0.3 is 6.03 Å². The summed E-state index contributed by atoms with van der Waals surface area (Å²) in [5, 5.41) is 2.80. The maximum Gasteiger partial charge on any atom is 0.332 e. The van der Waals surface area contributed by atoms with Gasteiger partial charge in [-0.05, 0) is 37.6 Å². The Labute approximate surface area is 164 Å². The summed E-state index contributed by atoms with van der Waals surface area (Å²) in [7, 11) is -3.93. The molecule has 2 aromatic rings. The highest BCUT2D eigenvalue weighted by atomic mass is 32.2. The van der Waals surface area contributed by atoms with E-state index in [0.29, 0.717) is 6.42 Å². The van der Waals surface area contributed by atoms with Crippen molar-refractivity contribution in [2.24, 2.45) is 0 Å². The average Bonchev–Trinajstić information content (AvgIpc) is 2.99. The van der Waals surface area contributed by atoms with Gasteiger partial charge in [0.25, 0.3) is 10.0 Å². The first-order chi connectivity index (χ1) is 12.9. The number of hydrogen-bond donors (Lipinski definition) is 1. The highest BCUT2D eigenvalue weighted by Gasteiger charge is 2.44. The summed E-state index contributed by atoms with van der Waals surface area (Å²) in [6, 6.07) is 14.9. The highest BCUT2D eigenvalue weighted by molar-refractivity contribution is 7.99.